The summed E-state index contributed by atoms with van der Waals surface area (Å²) in [7, 11) is 0. The van der Waals surface area contributed by atoms with Gasteiger partial charge in [-0.3, -0.25) is 0 Å². The first kappa shape index (κ1) is 20.3. The van der Waals surface area contributed by atoms with Crippen LogP contribution in [0.5, 0.6) is 5.75 Å². The van der Waals surface area contributed by atoms with Gasteiger partial charge in [-0.1, -0.05) is 18.2 Å². The average molecular weight is 409 g/mol. The number of carbonyl (C=O) groups is 2. The average Bonchev–Trinajstić information content (AvgIpc) is 3.17. The highest BCUT2D eigenvalue weighted by atomic mass is 16.6. The number of nitrogens with zero attached hydrogens (tertiary/aromatic N) is 1. The van der Waals surface area contributed by atoms with Crippen molar-refractivity contribution in [2.75, 3.05) is 13.1 Å². The predicted octanol–water partition coefficient (Wildman–Crippen LogP) is 4.61. The molecule has 6 nitrogen and oxygen atoms in total. The molecule has 30 heavy (non-hydrogen) atoms. The Morgan fingerprint density at radius 2 is 1.73 bits per heavy atom. The quantitative estimate of drug-likeness (QED) is 0.798. The molecule has 2 aliphatic rings. The lowest BCUT2D eigenvalue weighted by Gasteiger charge is -2.34. The maximum Gasteiger partial charge on any atom is 0.410 e. The van der Waals surface area contributed by atoms with Crippen molar-refractivity contribution in [2.24, 2.45) is 5.92 Å². The summed E-state index contributed by atoms with van der Waals surface area (Å²) in [4.78, 5) is 24.9. The van der Waals surface area contributed by atoms with Gasteiger partial charge in [-0.25, -0.2) is 9.59 Å². The third-order valence-electron chi connectivity index (χ3n) is 5.89. The van der Waals surface area contributed by atoms with Crippen molar-refractivity contribution in [2.45, 2.75) is 45.3 Å². The van der Waals surface area contributed by atoms with Crippen LogP contribution in [0.4, 0.5) is 4.79 Å². The summed E-state index contributed by atoms with van der Waals surface area (Å²) in [5.41, 5.74) is 3.51. The fourth-order valence-electron chi connectivity index (χ4n) is 4.25. The third kappa shape index (κ3) is 4.27. The molecule has 1 unspecified atom stereocenters. The highest BCUT2D eigenvalue weighted by Crippen LogP contribution is 2.37. The minimum absolute atomic E-state index is 0.0996. The van der Waals surface area contributed by atoms with Crippen LogP contribution >= 0.6 is 0 Å². The predicted molar refractivity (Wildman–Crippen MR) is 113 cm³/mol. The van der Waals surface area contributed by atoms with E-state index in [1.54, 1.807) is 17.0 Å². The van der Waals surface area contributed by atoms with Crippen molar-refractivity contribution >= 4 is 12.1 Å². The van der Waals surface area contributed by atoms with Crippen molar-refractivity contribution in [1.29, 1.82) is 0 Å². The van der Waals surface area contributed by atoms with Crippen LogP contribution < -0.4 is 4.74 Å². The molecule has 1 N–H and O–H groups in total. The van der Waals surface area contributed by atoms with Crippen molar-refractivity contribution in [1.82, 2.24) is 4.90 Å². The van der Waals surface area contributed by atoms with Crippen LogP contribution in [0.1, 0.15) is 42.6 Å². The number of benzene rings is 2. The zero-order chi connectivity index (χ0) is 21.3. The number of amides is 1. The van der Waals surface area contributed by atoms with E-state index in [2.05, 4.69) is 6.07 Å². The summed E-state index contributed by atoms with van der Waals surface area (Å²) in [6.07, 6.45) is 2.49. The molecule has 0 aliphatic carbocycles. The molecule has 1 atom stereocenters. The van der Waals surface area contributed by atoms with E-state index in [-0.39, 0.29) is 23.9 Å². The normalized spacial score (nSPS) is 18.8. The number of carboxylic acid groups (broad SMARTS) is 1. The van der Waals surface area contributed by atoms with Crippen molar-refractivity contribution in [3.8, 4) is 16.9 Å². The largest absolute Gasteiger partial charge is 0.490 e. The zero-order valence-corrected chi connectivity index (χ0v) is 17.3. The molecule has 0 saturated carbocycles. The molecule has 0 aromatic heterocycles. The van der Waals surface area contributed by atoms with E-state index in [0.29, 0.717) is 19.0 Å². The molecule has 0 bridgehead atoms. The molecule has 2 aromatic rings. The zero-order valence-electron chi connectivity index (χ0n) is 17.3. The molecular formula is C24H27NO5. The Morgan fingerprint density at radius 1 is 1.07 bits per heavy atom. The molecule has 6 heteroatoms. The summed E-state index contributed by atoms with van der Waals surface area (Å²) < 4.78 is 11.5. The fourth-order valence-corrected chi connectivity index (χ4v) is 4.25. The molecule has 158 valence electrons. The van der Waals surface area contributed by atoms with Gasteiger partial charge < -0.3 is 19.5 Å². The standard InChI is InChI=1S/C24H27NO5/c1-15(2)29-24(28)25-11-9-17(10-12-25)22-14-20-13-19(7-8-21(20)30-22)16-3-5-18(6-4-16)23(26)27/h3-8,13,15,17,22H,9-12,14H2,1-2H3,(H,26,27). The number of rotatable bonds is 4. The van der Waals surface area contributed by atoms with Crippen LogP contribution in [0.3, 0.4) is 0 Å². The Kier molecular flexibility index (Phi) is 5.66. The van der Waals surface area contributed by atoms with E-state index < -0.39 is 5.97 Å². The molecule has 0 spiro atoms. The van der Waals surface area contributed by atoms with E-state index in [1.807, 2.05) is 38.1 Å². The van der Waals surface area contributed by atoms with Crippen LogP contribution in [-0.4, -0.2) is 47.4 Å². The molecular weight excluding hydrogens is 382 g/mol. The molecule has 2 heterocycles. The lowest BCUT2D eigenvalue weighted by Crippen LogP contribution is -2.43. The van der Waals surface area contributed by atoms with Crippen LogP contribution in [0.15, 0.2) is 42.5 Å². The Balaban J connectivity index is 1.38. The summed E-state index contributed by atoms with van der Waals surface area (Å²) in [6, 6.07) is 13.1. The highest BCUT2D eigenvalue weighted by Gasteiger charge is 2.34. The summed E-state index contributed by atoms with van der Waals surface area (Å²) in [6.45, 7) is 5.13. The van der Waals surface area contributed by atoms with Gasteiger partial charge in [0.15, 0.2) is 0 Å². The smallest absolute Gasteiger partial charge is 0.410 e. The topological polar surface area (TPSA) is 76.1 Å². The fraction of sp³-hybridized carbons (Fsp3) is 0.417. The van der Waals surface area contributed by atoms with Gasteiger partial charge in [0.2, 0.25) is 0 Å². The van der Waals surface area contributed by atoms with E-state index >= 15 is 0 Å². The summed E-state index contributed by atoms with van der Waals surface area (Å²) in [5.74, 6) is 0.418. The molecule has 1 amide bonds. The Labute approximate surface area is 176 Å². The minimum Gasteiger partial charge on any atom is -0.490 e. The Morgan fingerprint density at radius 3 is 2.37 bits per heavy atom. The van der Waals surface area contributed by atoms with E-state index in [9.17, 15) is 9.59 Å². The minimum atomic E-state index is -0.921. The van der Waals surface area contributed by atoms with Crippen LogP contribution in [0.25, 0.3) is 11.1 Å². The number of fused-ring (bicyclic) bond motifs is 1. The second-order valence-electron chi connectivity index (χ2n) is 8.32. The second-order valence-corrected chi connectivity index (χ2v) is 8.32. The lowest BCUT2D eigenvalue weighted by atomic mass is 9.88. The number of hydrogen-bond acceptors (Lipinski definition) is 4. The van der Waals surface area contributed by atoms with Gasteiger partial charge in [0.1, 0.15) is 11.9 Å². The number of carboxylic acids is 1. The third-order valence-corrected chi connectivity index (χ3v) is 5.89. The van der Waals surface area contributed by atoms with Crippen LogP contribution in [0, 0.1) is 5.92 Å². The number of ether oxygens (including phenoxy) is 2. The van der Waals surface area contributed by atoms with Gasteiger partial charge in [-0.2, -0.15) is 0 Å². The molecule has 0 radical (unpaired) electrons. The van der Waals surface area contributed by atoms with Crippen molar-refractivity contribution in [3.05, 3.63) is 53.6 Å². The van der Waals surface area contributed by atoms with Gasteiger partial charge in [0.25, 0.3) is 0 Å². The highest BCUT2D eigenvalue weighted by molar-refractivity contribution is 5.88. The van der Waals surface area contributed by atoms with Gasteiger partial charge in [0.05, 0.1) is 11.7 Å². The van der Waals surface area contributed by atoms with Crippen LogP contribution in [0.2, 0.25) is 0 Å². The monoisotopic (exact) mass is 409 g/mol. The van der Waals surface area contributed by atoms with Gasteiger partial charge in [-0.05, 0) is 73.6 Å². The maximum absolute atomic E-state index is 12.1. The second kappa shape index (κ2) is 8.38. The summed E-state index contributed by atoms with van der Waals surface area (Å²) >= 11 is 0. The lowest BCUT2D eigenvalue weighted by molar-refractivity contribution is 0.0502. The number of piperidine rings is 1. The van der Waals surface area contributed by atoms with Gasteiger partial charge in [-0.15, -0.1) is 0 Å². The first-order valence-corrected chi connectivity index (χ1v) is 10.5. The number of hydrogen-bond donors (Lipinski definition) is 1. The Bertz CT molecular complexity index is 929. The van der Waals surface area contributed by atoms with E-state index in [1.165, 1.54) is 5.56 Å². The van der Waals surface area contributed by atoms with Crippen molar-refractivity contribution in [3.63, 3.8) is 0 Å². The maximum atomic E-state index is 12.1. The summed E-state index contributed by atoms with van der Waals surface area (Å²) in [5, 5.41) is 9.07. The Hall–Kier alpha value is -3.02. The number of likely N-dealkylation sites (tertiary alicyclic amines) is 1. The molecule has 1 fully saturated rings. The van der Waals surface area contributed by atoms with Crippen LogP contribution in [-0.2, 0) is 11.2 Å². The number of carbonyl (C=O) groups excluding carboxylic acids is 1. The van der Waals surface area contributed by atoms with E-state index in [4.69, 9.17) is 14.6 Å². The molecule has 2 aliphatic heterocycles. The SMILES string of the molecule is CC(C)OC(=O)N1CCC(C2Cc3cc(-c4ccc(C(=O)O)cc4)ccc3O2)CC1. The molecule has 4 rings (SSSR count). The van der Waals surface area contributed by atoms with Gasteiger partial charge >= 0.3 is 12.1 Å². The molecule has 2 aromatic carbocycles. The van der Waals surface area contributed by atoms with E-state index in [0.717, 1.165) is 36.1 Å². The first-order chi connectivity index (χ1) is 14.4. The van der Waals surface area contributed by atoms with Crippen molar-refractivity contribution < 1.29 is 24.2 Å². The van der Waals surface area contributed by atoms with Gasteiger partial charge in [0, 0.05) is 19.5 Å². The number of aromatic carboxylic acids is 1. The molecule has 1 saturated heterocycles. The first-order valence-electron chi connectivity index (χ1n) is 10.5.